The number of aromatic nitrogens is 2. The van der Waals surface area contributed by atoms with Crippen LogP contribution in [0.1, 0.15) is 50.5 Å². The van der Waals surface area contributed by atoms with E-state index in [0.29, 0.717) is 44.7 Å². The highest BCUT2D eigenvalue weighted by atomic mass is 32.1. The Morgan fingerprint density at radius 1 is 0.820 bits per heavy atom. The number of amides is 2. The van der Waals surface area contributed by atoms with Crippen LogP contribution in [-0.2, 0) is 19.1 Å². The number of carbonyl (C=O) groups is 4. The highest BCUT2D eigenvalue weighted by Gasteiger charge is 2.44. The van der Waals surface area contributed by atoms with Crippen molar-refractivity contribution in [3.63, 3.8) is 0 Å². The van der Waals surface area contributed by atoms with Gasteiger partial charge in [-0.05, 0) is 60.5 Å². The summed E-state index contributed by atoms with van der Waals surface area (Å²) in [5.41, 5.74) is 2.29. The quantitative estimate of drug-likeness (QED) is 0.0659. The Morgan fingerprint density at radius 3 is 2.32 bits per heavy atom. The van der Waals surface area contributed by atoms with Gasteiger partial charge in [0.05, 0.1) is 67.3 Å². The molecule has 1 aliphatic carbocycles. The Hall–Kier alpha value is -5.24. The fourth-order valence-corrected chi connectivity index (χ4v) is 6.40. The van der Waals surface area contributed by atoms with E-state index in [1.165, 1.54) is 12.1 Å². The number of benzene rings is 2. The Labute approximate surface area is 292 Å². The molecule has 0 bridgehead atoms. The van der Waals surface area contributed by atoms with Crippen molar-refractivity contribution in [3.05, 3.63) is 88.6 Å². The van der Waals surface area contributed by atoms with E-state index in [1.54, 1.807) is 36.8 Å². The standard InChI is InChI=1S/C37H35N3O9S/c1-45-26-9-11-30-33(22-26)50-35(39-30)5-3-2-4-24-6-13-34(38-23-24)49-19-17-47-15-14-46-16-18-48-27-8-10-28-29(21-27)37(44)40(36(28)43)31-12-7-25(41)20-32(31)42/h2-6,8-11,13,21-23,31H,7,12,14-20H2,1H3/b4-2+,5-3+. The minimum Gasteiger partial charge on any atom is -0.497 e. The molecule has 1 aliphatic heterocycles. The molecule has 1 saturated carbocycles. The predicted molar refractivity (Wildman–Crippen MR) is 186 cm³/mol. The third kappa shape index (κ3) is 8.48. The fraction of sp³-hybridized carbons (Fsp3) is 0.297. The average Bonchev–Trinajstić information content (AvgIpc) is 3.64. The maximum atomic E-state index is 13.0. The maximum Gasteiger partial charge on any atom is 0.262 e. The van der Waals surface area contributed by atoms with E-state index in [1.807, 2.05) is 48.6 Å². The smallest absolute Gasteiger partial charge is 0.262 e. The molecule has 6 rings (SSSR count). The van der Waals surface area contributed by atoms with Crippen LogP contribution in [0.3, 0.4) is 0 Å². The first-order valence-corrected chi connectivity index (χ1v) is 16.9. The number of fused-ring (bicyclic) bond motifs is 2. The van der Waals surface area contributed by atoms with Gasteiger partial charge in [0, 0.05) is 18.7 Å². The highest BCUT2D eigenvalue weighted by molar-refractivity contribution is 7.19. The molecule has 2 aromatic carbocycles. The number of pyridine rings is 1. The first kappa shape index (κ1) is 34.6. The van der Waals surface area contributed by atoms with Crippen LogP contribution in [0, 0.1) is 0 Å². The molecule has 0 N–H and O–H groups in total. The van der Waals surface area contributed by atoms with Gasteiger partial charge in [-0.3, -0.25) is 24.1 Å². The van der Waals surface area contributed by atoms with Gasteiger partial charge in [0.2, 0.25) is 5.88 Å². The van der Waals surface area contributed by atoms with Gasteiger partial charge < -0.3 is 23.7 Å². The van der Waals surface area contributed by atoms with E-state index < -0.39 is 23.6 Å². The van der Waals surface area contributed by atoms with Crippen molar-refractivity contribution < 1.29 is 42.9 Å². The fourth-order valence-electron chi connectivity index (χ4n) is 5.49. The van der Waals surface area contributed by atoms with E-state index in [2.05, 4.69) is 9.97 Å². The van der Waals surface area contributed by atoms with Gasteiger partial charge in [0.15, 0.2) is 5.78 Å². The van der Waals surface area contributed by atoms with Crippen molar-refractivity contribution in [2.45, 2.75) is 25.3 Å². The SMILES string of the molecule is COc1ccc2nc(/C=C/C=C/c3ccc(OCCOCCOCCOc4ccc5c(c4)C(=O)N(C4CCC(=O)CC4=O)C5=O)nc3)sc2c1. The molecule has 258 valence electrons. The molecule has 4 aromatic rings. The van der Waals surface area contributed by atoms with Crippen LogP contribution in [0.15, 0.2) is 66.9 Å². The Kier molecular flexibility index (Phi) is 11.4. The molecular weight excluding hydrogens is 662 g/mol. The summed E-state index contributed by atoms with van der Waals surface area (Å²) >= 11 is 1.60. The largest absolute Gasteiger partial charge is 0.497 e. The van der Waals surface area contributed by atoms with Crippen LogP contribution in [0.5, 0.6) is 17.4 Å². The molecular formula is C37H35N3O9S. The molecule has 1 atom stereocenters. The van der Waals surface area contributed by atoms with Gasteiger partial charge in [0.1, 0.15) is 35.5 Å². The van der Waals surface area contributed by atoms with E-state index in [-0.39, 0.29) is 42.8 Å². The molecule has 1 fully saturated rings. The monoisotopic (exact) mass is 697 g/mol. The molecule has 2 amide bonds. The average molecular weight is 698 g/mol. The van der Waals surface area contributed by atoms with Gasteiger partial charge in [-0.1, -0.05) is 18.2 Å². The number of hydrogen-bond acceptors (Lipinski definition) is 12. The summed E-state index contributed by atoms with van der Waals surface area (Å²) in [5.74, 6) is 0.0840. The number of methoxy groups -OCH3 is 1. The van der Waals surface area contributed by atoms with Crippen molar-refractivity contribution in [1.29, 1.82) is 0 Å². The Morgan fingerprint density at radius 2 is 1.56 bits per heavy atom. The molecule has 1 unspecified atom stereocenters. The summed E-state index contributed by atoms with van der Waals surface area (Å²) < 4.78 is 28.8. The second kappa shape index (κ2) is 16.4. The number of nitrogens with zero attached hydrogens (tertiary/aromatic N) is 3. The summed E-state index contributed by atoms with van der Waals surface area (Å²) in [6, 6.07) is 13.3. The molecule has 3 heterocycles. The van der Waals surface area contributed by atoms with Crippen LogP contribution in [-0.4, -0.2) is 91.0 Å². The van der Waals surface area contributed by atoms with Crippen LogP contribution in [0.4, 0.5) is 0 Å². The number of hydrogen-bond donors (Lipinski definition) is 0. The first-order valence-electron chi connectivity index (χ1n) is 16.1. The number of ether oxygens (including phenoxy) is 5. The number of Topliss-reactive ketones (excluding diaryl/α,β-unsaturated/α-hetero) is 2. The second-order valence-corrected chi connectivity index (χ2v) is 12.4. The number of thiazole rings is 1. The minimum atomic E-state index is -0.902. The second-order valence-electron chi connectivity index (χ2n) is 11.4. The number of carbonyl (C=O) groups excluding carboxylic acids is 4. The Bertz CT molecular complexity index is 1940. The van der Waals surface area contributed by atoms with Crippen LogP contribution >= 0.6 is 11.3 Å². The third-order valence-corrected chi connectivity index (χ3v) is 8.98. The van der Waals surface area contributed by atoms with Crippen LogP contribution in [0.2, 0.25) is 0 Å². The van der Waals surface area contributed by atoms with Gasteiger partial charge in [-0.25, -0.2) is 9.97 Å². The molecule has 13 heteroatoms. The first-order chi connectivity index (χ1) is 24.4. The molecule has 50 heavy (non-hydrogen) atoms. The molecule has 2 aliphatic rings. The normalized spacial score (nSPS) is 16.3. The lowest BCUT2D eigenvalue weighted by molar-refractivity contribution is -0.132. The molecule has 0 radical (unpaired) electrons. The van der Waals surface area contributed by atoms with Gasteiger partial charge >= 0.3 is 0 Å². The number of ketones is 2. The lowest BCUT2D eigenvalue weighted by Gasteiger charge is -2.27. The van der Waals surface area contributed by atoms with E-state index in [4.69, 9.17) is 23.7 Å². The zero-order chi connectivity index (χ0) is 34.9. The minimum absolute atomic E-state index is 0.161. The van der Waals surface area contributed by atoms with Crippen molar-refractivity contribution in [2.24, 2.45) is 0 Å². The van der Waals surface area contributed by atoms with Crippen molar-refractivity contribution >= 4 is 57.1 Å². The summed E-state index contributed by atoms with van der Waals surface area (Å²) in [7, 11) is 1.65. The molecule has 2 aromatic heterocycles. The molecule has 0 saturated heterocycles. The molecule has 0 spiro atoms. The summed E-state index contributed by atoms with van der Waals surface area (Å²) in [6.45, 7) is 1.95. The highest BCUT2D eigenvalue weighted by Crippen LogP contribution is 2.31. The van der Waals surface area contributed by atoms with Crippen LogP contribution in [0.25, 0.3) is 22.4 Å². The van der Waals surface area contributed by atoms with Gasteiger partial charge in [0.25, 0.3) is 11.8 Å². The van der Waals surface area contributed by atoms with Crippen molar-refractivity contribution in [3.8, 4) is 17.4 Å². The van der Waals surface area contributed by atoms with Gasteiger partial charge in [-0.2, -0.15) is 0 Å². The summed E-state index contributed by atoms with van der Waals surface area (Å²) in [5, 5.41) is 0.916. The molecule has 12 nitrogen and oxygen atoms in total. The Balaban J connectivity index is 0.825. The zero-order valence-electron chi connectivity index (χ0n) is 27.4. The van der Waals surface area contributed by atoms with Crippen molar-refractivity contribution in [1.82, 2.24) is 14.9 Å². The summed E-state index contributed by atoms with van der Waals surface area (Å²) in [6.07, 6.45) is 9.61. The third-order valence-electron chi connectivity index (χ3n) is 8.00. The lowest BCUT2D eigenvalue weighted by Crippen LogP contribution is -2.47. The maximum absolute atomic E-state index is 13.0. The number of allylic oxidation sites excluding steroid dienone is 2. The lowest BCUT2D eigenvalue weighted by atomic mass is 9.92. The zero-order valence-corrected chi connectivity index (χ0v) is 28.2. The van der Waals surface area contributed by atoms with E-state index >= 15 is 0 Å². The van der Waals surface area contributed by atoms with Gasteiger partial charge in [-0.15, -0.1) is 11.3 Å². The van der Waals surface area contributed by atoms with Crippen LogP contribution < -0.4 is 14.2 Å². The predicted octanol–water partition coefficient (Wildman–Crippen LogP) is 5.20. The number of imide groups is 1. The number of rotatable bonds is 16. The summed E-state index contributed by atoms with van der Waals surface area (Å²) in [4.78, 5) is 59.6. The topological polar surface area (TPSA) is 143 Å². The van der Waals surface area contributed by atoms with Crippen molar-refractivity contribution in [2.75, 3.05) is 46.8 Å². The van der Waals surface area contributed by atoms with E-state index in [9.17, 15) is 19.2 Å². The van der Waals surface area contributed by atoms with E-state index in [0.717, 1.165) is 31.4 Å².